The van der Waals surface area contributed by atoms with Crippen molar-refractivity contribution in [3.8, 4) is 11.5 Å². The van der Waals surface area contributed by atoms with Gasteiger partial charge in [0.25, 0.3) is 0 Å². The predicted molar refractivity (Wildman–Crippen MR) is 114 cm³/mol. The minimum Gasteiger partial charge on any atom is -0.486 e. The number of aromatic nitrogens is 1. The van der Waals surface area contributed by atoms with Gasteiger partial charge in [-0.15, -0.1) is 11.3 Å². The Morgan fingerprint density at radius 2 is 1.90 bits per heavy atom. The first-order valence-corrected chi connectivity index (χ1v) is 10.6. The zero-order valence-corrected chi connectivity index (χ0v) is 18.0. The topological polar surface area (TPSA) is 66.8 Å². The molecule has 0 fully saturated rings. The molecule has 1 atom stereocenters. The Kier molecular flexibility index (Phi) is 5.63. The maximum Gasteiger partial charge on any atom is 0.348 e. The lowest BCUT2D eigenvalue weighted by atomic mass is 10.1. The number of aryl methyl sites for hydroxylation is 2. The molecule has 30 heavy (non-hydrogen) atoms. The normalized spacial score (nSPS) is 15.1. The summed E-state index contributed by atoms with van der Waals surface area (Å²) in [6.07, 6.45) is -0.160. The fraction of sp³-hybridized carbons (Fsp3) is 0.304. The van der Waals surface area contributed by atoms with E-state index in [2.05, 4.69) is 0 Å². The number of thiophene rings is 1. The van der Waals surface area contributed by atoms with E-state index in [1.165, 1.54) is 11.3 Å². The summed E-state index contributed by atoms with van der Waals surface area (Å²) in [4.78, 5) is 26.3. The summed E-state index contributed by atoms with van der Waals surface area (Å²) in [5.41, 5.74) is 2.32. The van der Waals surface area contributed by atoms with Crippen LogP contribution >= 0.6 is 11.3 Å². The van der Waals surface area contributed by atoms with Crippen LogP contribution in [0.4, 0.5) is 0 Å². The van der Waals surface area contributed by atoms with Crippen molar-refractivity contribution in [3.05, 3.63) is 69.2 Å². The van der Waals surface area contributed by atoms with E-state index in [4.69, 9.17) is 14.2 Å². The van der Waals surface area contributed by atoms with Gasteiger partial charge in [-0.25, -0.2) is 4.79 Å². The van der Waals surface area contributed by atoms with Gasteiger partial charge < -0.3 is 18.8 Å². The minimum absolute atomic E-state index is 0.160. The van der Waals surface area contributed by atoms with Crippen molar-refractivity contribution in [2.75, 3.05) is 13.2 Å². The molecule has 0 radical (unpaired) electrons. The molecule has 7 heteroatoms. The highest BCUT2D eigenvalue weighted by Crippen LogP contribution is 2.31. The van der Waals surface area contributed by atoms with Crippen LogP contribution in [0.25, 0.3) is 0 Å². The van der Waals surface area contributed by atoms with E-state index < -0.39 is 5.97 Å². The number of esters is 1. The summed E-state index contributed by atoms with van der Waals surface area (Å²) < 4.78 is 19.1. The molecule has 3 heterocycles. The van der Waals surface area contributed by atoms with Gasteiger partial charge in [-0.1, -0.05) is 12.1 Å². The largest absolute Gasteiger partial charge is 0.486 e. The number of rotatable bonds is 6. The monoisotopic (exact) mass is 425 g/mol. The second-order valence-electron chi connectivity index (χ2n) is 7.30. The van der Waals surface area contributed by atoms with Crippen LogP contribution in [0.5, 0.6) is 11.5 Å². The molecule has 0 saturated heterocycles. The Morgan fingerprint density at radius 1 is 1.13 bits per heavy atom. The molecule has 2 aromatic heterocycles. The standard InChI is InChI=1S/C23H23NO5S/c1-14-10-18(19(25)13-28-23(26)22-9-8-15(2)30-22)16(3)24(14)11-17-12-27-20-6-4-5-7-21(20)29-17/h4-10,17H,11-13H2,1-3H3. The third-order valence-corrected chi connectivity index (χ3v) is 6.08. The summed E-state index contributed by atoms with van der Waals surface area (Å²) in [7, 11) is 0. The molecular weight excluding hydrogens is 402 g/mol. The summed E-state index contributed by atoms with van der Waals surface area (Å²) in [5, 5.41) is 0. The van der Waals surface area contributed by atoms with Crippen LogP contribution in [0.3, 0.4) is 0 Å². The van der Waals surface area contributed by atoms with Crippen LogP contribution in [-0.4, -0.2) is 35.6 Å². The van der Waals surface area contributed by atoms with Crippen molar-refractivity contribution < 1.29 is 23.8 Å². The number of nitrogens with zero attached hydrogens (tertiary/aromatic N) is 1. The highest BCUT2D eigenvalue weighted by molar-refractivity contribution is 7.13. The molecule has 156 valence electrons. The first kappa shape index (κ1) is 20.2. The first-order chi connectivity index (χ1) is 14.4. The van der Waals surface area contributed by atoms with Crippen LogP contribution in [0.2, 0.25) is 0 Å². The number of ketones is 1. The lowest BCUT2D eigenvalue weighted by Gasteiger charge is -2.27. The van der Waals surface area contributed by atoms with Crippen LogP contribution in [0.15, 0.2) is 42.5 Å². The molecule has 0 bridgehead atoms. The molecule has 0 aliphatic carbocycles. The van der Waals surface area contributed by atoms with Crippen LogP contribution in [0, 0.1) is 20.8 Å². The number of benzene rings is 1. The van der Waals surface area contributed by atoms with Crippen LogP contribution in [-0.2, 0) is 11.3 Å². The van der Waals surface area contributed by atoms with E-state index in [1.54, 1.807) is 6.07 Å². The maximum absolute atomic E-state index is 12.7. The molecule has 4 rings (SSSR count). The number of Topliss-reactive ketones (excluding diaryl/α,β-unsaturated/α-hetero) is 1. The lowest BCUT2D eigenvalue weighted by Crippen LogP contribution is -2.33. The van der Waals surface area contributed by atoms with Gasteiger partial charge in [0.1, 0.15) is 11.5 Å². The molecule has 0 saturated carbocycles. The van der Waals surface area contributed by atoms with Gasteiger partial charge in [-0.05, 0) is 51.1 Å². The SMILES string of the molecule is Cc1ccc(C(=O)OCC(=O)c2cc(C)n(CC3COc4ccccc4O3)c2C)s1. The molecule has 0 amide bonds. The van der Waals surface area contributed by atoms with E-state index >= 15 is 0 Å². The van der Waals surface area contributed by atoms with Crippen molar-refractivity contribution >= 4 is 23.1 Å². The van der Waals surface area contributed by atoms with Crippen molar-refractivity contribution in [1.29, 1.82) is 0 Å². The molecule has 0 spiro atoms. The summed E-state index contributed by atoms with van der Waals surface area (Å²) >= 11 is 1.35. The molecular formula is C23H23NO5S. The molecule has 0 N–H and O–H groups in total. The van der Waals surface area contributed by atoms with Gasteiger partial charge in [0.05, 0.1) is 6.54 Å². The van der Waals surface area contributed by atoms with E-state index in [-0.39, 0.29) is 18.5 Å². The van der Waals surface area contributed by atoms with Crippen LogP contribution < -0.4 is 9.47 Å². The molecule has 1 aromatic carbocycles. The zero-order valence-electron chi connectivity index (χ0n) is 17.1. The Labute approximate surface area is 179 Å². The van der Waals surface area contributed by atoms with Gasteiger partial charge in [-0.2, -0.15) is 0 Å². The average molecular weight is 426 g/mol. The highest BCUT2D eigenvalue weighted by Gasteiger charge is 2.24. The van der Waals surface area contributed by atoms with Gasteiger partial charge in [0.15, 0.2) is 24.2 Å². The van der Waals surface area contributed by atoms with Crippen molar-refractivity contribution in [2.24, 2.45) is 0 Å². The Bertz CT molecular complexity index is 1100. The molecule has 1 unspecified atom stereocenters. The number of carbonyl (C=O) groups excluding carboxylic acids is 2. The van der Waals surface area contributed by atoms with Crippen LogP contribution in [0.1, 0.15) is 36.3 Å². The Morgan fingerprint density at radius 3 is 2.63 bits per heavy atom. The quantitative estimate of drug-likeness (QED) is 0.434. The van der Waals surface area contributed by atoms with Gasteiger partial charge in [-0.3, -0.25) is 4.79 Å². The molecule has 6 nitrogen and oxygen atoms in total. The molecule has 1 aliphatic heterocycles. The smallest absolute Gasteiger partial charge is 0.348 e. The summed E-state index contributed by atoms with van der Waals surface area (Å²) in [5.74, 6) is 0.778. The Hall–Kier alpha value is -3.06. The zero-order chi connectivity index (χ0) is 21.3. The van der Waals surface area contributed by atoms with Crippen molar-refractivity contribution in [1.82, 2.24) is 4.57 Å². The predicted octanol–water partition coefficient (Wildman–Crippen LogP) is 4.35. The number of carbonyl (C=O) groups is 2. The summed E-state index contributed by atoms with van der Waals surface area (Å²) in [6.45, 7) is 6.48. The minimum atomic E-state index is -0.471. The second kappa shape index (κ2) is 8.36. The molecule has 1 aliphatic rings. The fourth-order valence-electron chi connectivity index (χ4n) is 3.55. The van der Waals surface area contributed by atoms with Crippen molar-refractivity contribution in [3.63, 3.8) is 0 Å². The second-order valence-corrected chi connectivity index (χ2v) is 8.59. The maximum atomic E-state index is 12.7. The molecule has 3 aromatic rings. The van der Waals surface area contributed by atoms with Gasteiger partial charge >= 0.3 is 5.97 Å². The Balaban J connectivity index is 1.42. The van der Waals surface area contributed by atoms with E-state index in [0.717, 1.165) is 27.8 Å². The third kappa shape index (κ3) is 4.11. The van der Waals surface area contributed by atoms with Gasteiger partial charge in [0.2, 0.25) is 5.78 Å². The average Bonchev–Trinajstić information content (AvgIpc) is 3.30. The number of hydrogen-bond acceptors (Lipinski definition) is 6. The van der Waals surface area contributed by atoms with Crippen molar-refractivity contribution in [2.45, 2.75) is 33.4 Å². The van der Waals surface area contributed by atoms with E-state index in [9.17, 15) is 9.59 Å². The van der Waals surface area contributed by atoms with E-state index in [1.807, 2.05) is 61.7 Å². The first-order valence-electron chi connectivity index (χ1n) is 9.74. The third-order valence-electron chi connectivity index (χ3n) is 5.10. The van der Waals surface area contributed by atoms with E-state index in [0.29, 0.717) is 23.6 Å². The van der Waals surface area contributed by atoms with Gasteiger partial charge in [0, 0.05) is 21.8 Å². The number of fused-ring (bicyclic) bond motifs is 1. The highest BCUT2D eigenvalue weighted by atomic mass is 32.1. The number of para-hydroxylation sites is 2. The number of hydrogen-bond donors (Lipinski definition) is 0. The fourth-order valence-corrected chi connectivity index (χ4v) is 4.31. The summed E-state index contributed by atoms with van der Waals surface area (Å²) in [6, 6.07) is 13.0. The lowest BCUT2D eigenvalue weighted by molar-refractivity contribution is 0.0479. The number of ether oxygens (including phenoxy) is 3.